The second-order valence-corrected chi connectivity index (χ2v) is 9.01. The molecule has 27 heavy (non-hydrogen) atoms. The molecule has 4 rings (SSSR count). The smallest absolute Gasteiger partial charge is 0.253 e. The zero-order chi connectivity index (χ0) is 18.6. The molecule has 2 heterocycles. The first kappa shape index (κ1) is 18.5. The fourth-order valence-electron chi connectivity index (χ4n) is 3.20. The number of amides is 1. The number of benzene rings is 2. The fourth-order valence-corrected chi connectivity index (χ4v) is 5.22. The Morgan fingerprint density at radius 3 is 2.81 bits per heavy atom. The van der Waals surface area contributed by atoms with Gasteiger partial charge in [-0.25, -0.2) is 4.98 Å². The van der Waals surface area contributed by atoms with Gasteiger partial charge < -0.3 is 9.64 Å². The highest BCUT2D eigenvalue weighted by atomic mass is 32.2. The van der Waals surface area contributed by atoms with Crippen LogP contribution in [-0.2, 0) is 10.5 Å². The lowest BCUT2D eigenvalue weighted by molar-refractivity contribution is 0.0587. The van der Waals surface area contributed by atoms with Crippen LogP contribution in [0.1, 0.15) is 28.8 Å². The van der Waals surface area contributed by atoms with E-state index in [4.69, 9.17) is 4.74 Å². The van der Waals surface area contributed by atoms with E-state index in [9.17, 15) is 4.79 Å². The molecule has 1 saturated heterocycles. The monoisotopic (exact) mass is 398 g/mol. The van der Waals surface area contributed by atoms with E-state index in [1.165, 1.54) is 10.3 Å². The number of thiazole rings is 1. The number of fused-ring (bicyclic) bond motifs is 1. The maximum Gasteiger partial charge on any atom is 0.253 e. The van der Waals surface area contributed by atoms with Gasteiger partial charge in [-0.2, -0.15) is 0 Å². The van der Waals surface area contributed by atoms with E-state index in [0.29, 0.717) is 6.54 Å². The molecular formula is C21H22N2O2S2. The van der Waals surface area contributed by atoms with E-state index in [-0.39, 0.29) is 12.0 Å². The second-order valence-electron chi connectivity index (χ2n) is 6.75. The molecule has 6 heteroatoms. The Labute approximate surface area is 167 Å². The first-order valence-corrected chi connectivity index (χ1v) is 10.9. The van der Waals surface area contributed by atoms with E-state index in [0.717, 1.165) is 40.6 Å². The second kappa shape index (κ2) is 8.42. The number of aromatic nitrogens is 1. The van der Waals surface area contributed by atoms with Crippen LogP contribution in [0, 0.1) is 0 Å². The third-order valence-corrected chi connectivity index (χ3v) is 6.94. The number of hydrogen-bond acceptors (Lipinski definition) is 5. The lowest BCUT2D eigenvalue weighted by Gasteiger charge is -2.21. The summed E-state index contributed by atoms with van der Waals surface area (Å²) in [4.78, 5) is 19.0. The number of rotatable bonds is 6. The van der Waals surface area contributed by atoms with Gasteiger partial charge in [0.2, 0.25) is 0 Å². The lowest BCUT2D eigenvalue weighted by Crippen LogP contribution is -2.34. The van der Waals surface area contributed by atoms with Crippen LogP contribution in [0.15, 0.2) is 52.9 Å². The first-order valence-electron chi connectivity index (χ1n) is 9.13. The maximum atomic E-state index is 12.6. The van der Waals surface area contributed by atoms with Gasteiger partial charge in [0.15, 0.2) is 4.34 Å². The topological polar surface area (TPSA) is 42.4 Å². The molecule has 1 unspecified atom stereocenters. The average Bonchev–Trinajstić information content (AvgIpc) is 3.35. The standard InChI is InChI=1S/C21H22N2O2S2/c1-23(13-17-5-4-12-25-17)20(24)16-10-8-15(9-11-16)14-26-21-22-18-6-2-3-7-19(18)27-21/h2-3,6-11,17H,4-5,12-14H2,1H3. The van der Waals surface area contributed by atoms with Crippen molar-refractivity contribution in [3.63, 3.8) is 0 Å². The van der Waals surface area contributed by atoms with Crippen molar-refractivity contribution in [2.24, 2.45) is 0 Å². The van der Waals surface area contributed by atoms with Crippen LogP contribution >= 0.6 is 23.1 Å². The molecule has 0 aliphatic carbocycles. The van der Waals surface area contributed by atoms with Crippen LogP contribution in [-0.4, -0.2) is 42.1 Å². The van der Waals surface area contributed by atoms with Gasteiger partial charge in [0.1, 0.15) is 0 Å². The Morgan fingerprint density at radius 1 is 1.26 bits per heavy atom. The van der Waals surface area contributed by atoms with Crippen molar-refractivity contribution in [2.75, 3.05) is 20.2 Å². The molecule has 0 radical (unpaired) electrons. The van der Waals surface area contributed by atoms with Crippen molar-refractivity contribution in [3.8, 4) is 0 Å². The van der Waals surface area contributed by atoms with E-state index >= 15 is 0 Å². The molecule has 4 nitrogen and oxygen atoms in total. The summed E-state index contributed by atoms with van der Waals surface area (Å²) in [6.45, 7) is 1.47. The Morgan fingerprint density at radius 2 is 2.07 bits per heavy atom. The zero-order valence-corrected chi connectivity index (χ0v) is 16.9. The minimum absolute atomic E-state index is 0.0517. The Kier molecular flexibility index (Phi) is 5.76. The Bertz CT molecular complexity index is 884. The molecule has 1 amide bonds. The molecule has 0 N–H and O–H groups in total. The number of hydrogen-bond donors (Lipinski definition) is 0. The number of carbonyl (C=O) groups excluding carboxylic acids is 1. The van der Waals surface area contributed by atoms with Gasteiger partial charge in [0.05, 0.1) is 16.3 Å². The highest BCUT2D eigenvalue weighted by molar-refractivity contribution is 8.00. The molecule has 1 aliphatic rings. The molecule has 1 fully saturated rings. The SMILES string of the molecule is CN(CC1CCCO1)C(=O)c1ccc(CSc2nc3ccccc3s2)cc1. The summed E-state index contributed by atoms with van der Waals surface area (Å²) < 4.78 is 7.92. The minimum atomic E-state index is 0.0517. The van der Waals surface area contributed by atoms with Gasteiger partial charge in [-0.3, -0.25) is 4.79 Å². The van der Waals surface area contributed by atoms with Crippen LogP contribution in [0.25, 0.3) is 10.2 Å². The van der Waals surface area contributed by atoms with Crippen molar-refractivity contribution in [3.05, 3.63) is 59.7 Å². The molecular weight excluding hydrogens is 376 g/mol. The van der Waals surface area contributed by atoms with Crippen LogP contribution < -0.4 is 0 Å². The number of likely N-dealkylation sites (N-methyl/N-ethyl adjacent to an activating group) is 1. The molecule has 1 aliphatic heterocycles. The average molecular weight is 399 g/mol. The van der Waals surface area contributed by atoms with Crippen molar-refractivity contribution in [1.29, 1.82) is 0 Å². The van der Waals surface area contributed by atoms with E-state index < -0.39 is 0 Å². The van der Waals surface area contributed by atoms with Crippen molar-refractivity contribution < 1.29 is 9.53 Å². The van der Waals surface area contributed by atoms with Crippen molar-refractivity contribution in [2.45, 2.75) is 29.0 Å². The molecule has 0 saturated carbocycles. The summed E-state index contributed by atoms with van der Waals surface area (Å²) in [5.41, 5.74) is 2.97. The van der Waals surface area contributed by atoms with Gasteiger partial charge in [0, 0.05) is 31.5 Å². The number of carbonyl (C=O) groups is 1. The van der Waals surface area contributed by atoms with Gasteiger partial charge in [-0.15, -0.1) is 11.3 Å². The molecule has 3 aromatic rings. The third kappa shape index (κ3) is 4.51. The molecule has 140 valence electrons. The van der Waals surface area contributed by atoms with Crippen molar-refractivity contribution in [1.82, 2.24) is 9.88 Å². The summed E-state index contributed by atoms with van der Waals surface area (Å²) in [5.74, 6) is 0.899. The fraction of sp³-hybridized carbons (Fsp3) is 0.333. The zero-order valence-electron chi connectivity index (χ0n) is 15.3. The normalized spacial score (nSPS) is 16.7. The molecule has 0 bridgehead atoms. The van der Waals surface area contributed by atoms with Crippen molar-refractivity contribution >= 4 is 39.2 Å². The molecule has 2 aromatic carbocycles. The number of para-hydroxylation sites is 1. The molecule has 1 atom stereocenters. The third-order valence-electron chi connectivity index (χ3n) is 4.69. The minimum Gasteiger partial charge on any atom is -0.376 e. The number of nitrogens with zero attached hydrogens (tertiary/aromatic N) is 2. The Balaban J connectivity index is 1.34. The molecule has 1 aromatic heterocycles. The summed E-state index contributed by atoms with van der Waals surface area (Å²) in [6, 6.07) is 16.1. The van der Waals surface area contributed by atoms with Crippen LogP contribution in [0.3, 0.4) is 0 Å². The highest BCUT2D eigenvalue weighted by Crippen LogP contribution is 2.31. The predicted molar refractivity (Wildman–Crippen MR) is 112 cm³/mol. The Hall–Kier alpha value is -1.89. The quantitative estimate of drug-likeness (QED) is 0.557. The largest absolute Gasteiger partial charge is 0.376 e. The first-order chi connectivity index (χ1) is 13.2. The highest BCUT2D eigenvalue weighted by Gasteiger charge is 2.20. The van der Waals surface area contributed by atoms with Crippen LogP contribution in [0.2, 0.25) is 0 Å². The van der Waals surface area contributed by atoms with Gasteiger partial charge in [-0.1, -0.05) is 36.0 Å². The van der Waals surface area contributed by atoms with E-state index in [1.807, 2.05) is 49.5 Å². The van der Waals surface area contributed by atoms with Gasteiger partial charge >= 0.3 is 0 Å². The summed E-state index contributed by atoms with van der Waals surface area (Å²) in [7, 11) is 1.85. The van der Waals surface area contributed by atoms with Crippen LogP contribution in [0.4, 0.5) is 0 Å². The lowest BCUT2D eigenvalue weighted by atomic mass is 10.1. The van der Waals surface area contributed by atoms with Crippen LogP contribution in [0.5, 0.6) is 0 Å². The van der Waals surface area contributed by atoms with Gasteiger partial charge in [-0.05, 0) is 42.7 Å². The number of ether oxygens (including phenoxy) is 1. The van der Waals surface area contributed by atoms with Gasteiger partial charge in [0.25, 0.3) is 5.91 Å². The summed E-state index contributed by atoms with van der Waals surface area (Å²) in [6.07, 6.45) is 2.32. The number of thioether (sulfide) groups is 1. The summed E-state index contributed by atoms with van der Waals surface area (Å²) in [5, 5.41) is 0. The molecule has 0 spiro atoms. The predicted octanol–water partition coefficient (Wildman–Crippen LogP) is 4.84. The summed E-state index contributed by atoms with van der Waals surface area (Å²) >= 11 is 3.46. The van der Waals surface area contributed by atoms with E-state index in [2.05, 4.69) is 11.1 Å². The maximum absolute atomic E-state index is 12.6. The van der Waals surface area contributed by atoms with E-state index in [1.54, 1.807) is 28.0 Å².